The molecule has 2 aliphatic carbocycles. The van der Waals surface area contributed by atoms with Crippen LogP contribution in [0.1, 0.15) is 89.0 Å². The summed E-state index contributed by atoms with van der Waals surface area (Å²) in [5, 5.41) is 0. The van der Waals surface area contributed by atoms with Crippen LogP contribution in [0.15, 0.2) is 24.3 Å². The van der Waals surface area contributed by atoms with Crippen molar-refractivity contribution in [3.05, 3.63) is 29.8 Å². The van der Waals surface area contributed by atoms with E-state index in [-0.39, 0.29) is 12.3 Å². The first-order valence-corrected chi connectivity index (χ1v) is 11.0. The van der Waals surface area contributed by atoms with Gasteiger partial charge in [0, 0.05) is 12.3 Å². The van der Waals surface area contributed by atoms with Gasteiger partial charge in [0.1, 0.15) is 5.75 Å². The lowest BCUT2D eigenvalue weighted by Gasteiger charge is -2.41. The van der Waals surface area contributed by atoms with Crippen LogP contribution >= 0.6 is 0 Å². The van der Waals surface area contributed by atoms with Crippen molar-refractivity contribution in [1.82, 2.24) is 0 Å². The van der Waals surface area contributed by atoms with Crippen molar-refractivity contribution in [2.75, 3.05) is 7.11 Å². The standard InChI is InChI=1S/C24H36F2O/c1-3-4-5-6-18-7-9-19(10-8-18)21-13-16-23(24(25,26)17-21)20-11-14-22(27-2)15-12-20/h11-12,14-15,18-19,21,23H,3-10,13,16-17H2,1-2H3/t18-,19-,21?,23-/m1/s1. The predicted molar refractivity (Wildman–Crippen MR) is 108 cm³/mol. The maximum atomic E-state index is 15.0. The fraction of sp³-hybridized carbons (Fsp3) is 0.750. The summed E-state index contributed by atoms with van der Waals surface area (Å²) in [6.07, 6.45) is 11.8. The normalized spacial score (nSPS) is 30.8. The van der Waals surface area contributed by atoms with Gasteiger partial charge in [-0.2, -0.15) is 0 Å². The number of ether oxygens (including phenoxy) is 1. The summed E-state index contributed by atoms with van der Waals surface area (Å²) in [6, 6.07) is 7.24. The van der Waals surface area contributed by atoms with Crippen LogP contribution in [-0.4, -0.2) is 13.0 Å². The lowest BCUT2D eigenvalue weighted by Crippen LogP contribution is -2.37. The van der Waals surface area contributed by atoms with Crippen LogP contribution in [0.3, 0.4) is 0 Å². The Morgan fingerprint density at radius 2 is 1.59 bits per heavy atom. The first-order valence-electron chi connectivity index (χ1n) is 11.0. The number of alkyl halides is 2. The van der Waals surface area contributed by atoms with Crippen LogP contribution in [0.4, 0.5) is 8.78 Å². The largest absolute Gasteiger partial charge is 0.497 e. The molecule has 3 heteroatoms. The van der Waals surface area contributed by atoms with Gasteiger partial charge in [-0.15, -0.1) is 0 Å². The fourth-order valence-corrected chi connectivity index (χ4v) is 5.47. The quantitative estimate of drug-likeness (QED) is 0.444. The van der Waals surface area contributed by atoms with Crippen molar-refractivity contribution in [3.8, 4) is 5.75 Å². The number of hydrogen-bond donors (Lipinski definition) is 0. The number of methoxy groups -OCH3 is 1. The van der Waals surface area contributed by atoms with Crippen molar-refractivity contribution in [2.24, 2.45) is 17.8 Å². The van der Waals surface area contributed by atoms with E-state index in [4.69, 9.17) is 4.74 Å². The van der Waals surface area contributed by atoms with E-state index in [1.807, 2.05) is 12.1 Å². The second-order valence-corrected chi connectivity index (χ2v) is 8.90. The Kier molecular flexibility index (Phi) is 7.16. The van der Waals surface area contributed by atoms with E-state index >= 15 is 0 Å². The van der Waals surface area contributed by atoms with E-state index in [1.54, 1.807) is 19.2 Å². The molecule has 2 atom stereocenters. The molecule has 0 radical (unpaired) electrons. The van der Waals surface area contributed by atoms with Crippen LogP contribution in [0.25, 0.3) is 0 Å². The zero-order chi connectivity index (χ0) is 19.3. The number of benzene rings is 1. The molecule has 1 aromatic rings. The van der Waals surface area contributed by atoms with Crippen molar-refractivity contribution in [1.29, 1.82) is 0 Å². The molecule has 2 aliphatic rings. The number of halogens is 2. The third kappa shape index (κ3) is 5.23. The van der Waals surface area contributed by atoms with Gasteiger partial charge in [0.05, 0.1) is 7.11 Å². The molecule has 3 rings (SSSR count). The van der Waals surface area contributed by atoms with Gasteiger partial charge >= 0.3 is 0 Å². The zero-order valence-electron chi connectivity index (χ0n) is 17.1. The second-order valence-electron chi connectivity index (χ2n) is 8.90. The first kappa shape index (κ1) is 20.6. The highest BCUT2D eigenvalue weighted by Gasteiger charge is 2.47. The van der Waals surface area contributed by atoms with Crippen LogP contribution < -0.4 is 4.74 Å². The molecule has 0 bridgehead atoms. The average Bonchev–Trinajstić information content (AvgIpc) is 2.68. The Hall–Kier alpha value is -1.12. The molecule has 27 heavy (non-hydrogen) atoms. The molecule has 0 spiro atoms. The number of hydrogen-bond acceptors (Lipinski definition) is 1. The molecule has 2 saturated carbocycles. The topological polar surface area (TPSA) is 9.23 Å². The monoisotopic (exact) mass is 378 g/mol. The van der Waals surface area contributed by atoms with Crippen LogP contribution in [0.5, 0.6) is 5.75 Å². The van der Waals surface area contributed by atoms with Crippen molar-refractivity contribution in [3.63, 3.8) is 0 Å². The lowest BCUT2D eigenvalue weighted by atomic mass is 9.66. The van der Waals surface area contributed by atoms with Gasteiger partial charge in [-0.05, 0) is 61.1 Å². The third-order valence-electron chi connectivity index (χ3n) is 7.16. The Bertz CT molecular complexity index is 560. The molecular weight excluding hydrogens is 342 g/mol. The van der Waals surface area contributed by atoms with E-state index in [2.05, 4.69) is 6.92 Å². The highest BCUT2D eigenvalue weighted by molar-refractivity contribution is 5.31. The van der Waals surface area contributed by atoms with Crippen LogP contribution in [-0.2, 0) is 0 Å². The number of rotatable bonds is 7. The minimum atomic E-state index is -2.59. The smallest absolute Gasteiger partial charge is 0.255 e. The minimum absolute atomic E-state index is 0.0782. The Balaban J connectivity index is 1.53. The predicted octanol–water partition coefficient (Wildman–Crippen LogP) is 7.60. The van der Waals surface area contributed by atoms with Gasteiger partial charge < -0.3 is 4.74 Å². The van der Waals surface area contributed by atoms with Gasteiger partial charge in [-0.25, -0.2) is 8.78 Å². The van der Waals surface area contributed by atoms with Gasteiger partial charge in [-0.3, -0.25) is 0 Å². The van der Waals surface area contributed by atoms with Gasteiger partial charge in [0.25, 0.3) is 5.92 Å². The lowest BCUT2D eigenvalue weighted by molar-refractivity contribution is -0.0845. The minimum Gasteiger partial charge on any atom is -0.497 e. The Labute approximate surface area is 163 Å². The molecule has 0 saturated heterocycles. The first-order chi connectivity index (χ1) is 13.0. The molecule has 152 valence electrons. The molecule has 0 heterocycles. The Morgan fingerprint density at radius 1 is 0.926 bits per heavy atom. The highest BCUT2D eigenvalue weighted by atomic mass is 19.3. The van der Waals surface area contributed by atoms with E-state index < -0.39 is 11.8 Å². The summed E-state index contributed by atoms with van der Waals surface area (Å²) in [5.74, 6) is -0.906. The summed E-state index contributed by atoms with van der Waals surface area (Å²) < 4.78 is 35.1. The molecule has 0 N–H and O–H groups in total. The van der Waals surface area contributed by atoms with E-state index in [1.165, 1.54) is 51.4 Å². The van der Waals surface area contributed by atoms with E-state index in [0.29, 0.717) is 12.3 Å². The molecule has 0 amide bonds. The molecule has 0 aliphatic heterocycles. The summed E-state index contributed by atoms with van der Waals surface area (Å²) >= 11 is 0. The maximum Gasteiger partial charge on any atom is 0.255 e. The van der Waals surface area contributed by atoms with Crippen molar-refractivity contribution in [2.45, 2.75) is 89.4 Å². The van der Waals surface area contributed by atoms with E-state index in [9.17, 15) is 8.78 Å². The molecular formula is C24H36F2O. The van der Waals surface area contributed by atoms with Gasteiger partial charge in [-0.1, -0.05) is 57.6 Å². The van der Waals surface area contributed by atoms with E-state index in [0.717, 1.165) is 23.7 Å². The molecule has 1 unspecified atom stereocenters. The summed E-state index contributed by atoms with van der Waals surface area (Å²) in [5.41, 5.74) is 0.763. The molecule has 2 fully saturated rings. The van der Waals surface area contributed by atoms with Gasteiger partial charge in [0.2, 0.25) is 0 Å². The van der Waals surface area contributed by atoms with Gasteiger partial charge in [0.15, 0.2) is 0 Å². The third-order valence-corrected chi connectivity index (χ3v) is 7.16. The highest BCUT2D eigenvalue weighted by Crippen LogP contribution is 2.51. The Morgan fingerprint density at radius 3 is 2.19 bits per heavy atom. The summed E-state index contributed by atoms with van der Waals surface area (Å²) in [7, 11) is 1.60. The van der Waals surface area contributed by atoms with Crippen molar-refractivity contribution < 1.29 is 13.5 Å². The van der Waals surface area contributed by atoms with Crippen molar-refractivity contribution >= 4 is 0 Å². The maximum absolute atomic E-state index is 15.0. The summed E-state index contributed by atoms with van der Waals surface area (Å²) in [6.45, 7) is 2.25. The summed E-state index contributed by atoms with van der Waals surface area (Å²) in [4.78, 5) is 0. The molecule has 1 nitrogen and oxygen atoms in total. The SMILES string of the molecule is CCCCC[C@H]1CC[C@H](C2CC[C@H](c3ccc(OC)cc3)C(F)(F)C2)CC1. The molecule has 0 aromatic heterocycles. The fourth-order valence-electron chi connectivity index (χ4n) is 5.47. The average molecular weight is 379 g/mol. The van der Waals surface area contributed by atoms with Crippen LogP contribution in [0, 0.1) is 17.8 Å². The second kappa shape index (κ2) is 9.39. The van der Waals surface area contributed by atoms with Crippen LogP contribution in [0.2, 0.25) is 0 Å². The molecule has 1 aromatic carbocycles. The zero-order valence-corrected chi connectivity index (χ0v) is 17.1. The number of unbranched alkanes of at least 4 members (excludes halogenated alkanes) is 2.